The molecule has 0 unspecified atom stereocenters. The molecular weight excluding hydrogens is 426 g/mol. The third-order valence-electron chi connectivity index (χ3n) is 5.03. The van der Waals surface area contributed by atoms with Gasteiger partial charge in [0.05, 0.1) is 18.6 Å². The molecule has 0 aliphatic rings. The molecular formula is C27H24F2O4. The fourth-order valence-electron chi connectivity index (χ4n) is 3.50. The average molecular weight is 450 g/mol. The fraction of sp³-hybridized carbons (Fsp3) is 0.148. The molecule has 3 N–H and O–H groups in total. The average Bonchev–Trinajstić information content (AvgIpc) is 2.78. The van der Waals surface area contributed by atoms with Crippen molar-refractivity contribution in [2.45, 2.75) is 25.0 Å². The van der Waals surface area contributed by atoms with Gasteiger partial charge < -0.3 is 15.3 Å². The van der Waals surface area contributed by atoms with E-state index in [2.05, 4.69) is 0 Å². The first-order valence-corrected chi connectivity index (χ1v) is 10.4. The first kappa shape index (κ1) is 24.0. The van der Waals surface area contributed by atoms with E-state index in [1.807, 2.05) is 30.3 Å². The largest absolute Gasteiger partial charge is 0.481 e. The van der Waals surface area contributed by atoms with E-state index in [4.69, 9.17) is 5.11 Å². The summed E-state index contributed by atoms with van der Waals surface area (Å²) in [6, 6.07) is 21.1. The quantitative estimate of drug-likeness (QED) is 0.314. The van der Waals surface area contributed by atoms with Gasteiger partial charge in [0.2, 0.25) is 0 Å². The summed E-state index contributed by atoms with van der Waals surface area (Å²) in [5.74, 6) is -1.94. The number of carbonyl (C=O) groups is 1. The first-order chi connectivity index (χ1) is 15.8. The molecule has 3 rings (SSSR count). The lowest BCUT2D eigenvalue weighted by Crippen LogP contribution is -2.19. The second kappa shape index (κ2) is 11.3. The Balaban J connectivity index is 2.12. The predicted octanol–water partition coefficient (Wildman–Crippen LogP) is 5.07. The molecule has 2 atom stereocenters. The maximum absolute atomic E-state index is 13.6. The Kier molecular flexibility index (Phi) is 8.24. The summed E-state index contributed by atoms with van der Waals surface area (Å²) in [5.41, 5.74) is 3.55. The normalized spacial score (nSPS) is 13.0. The van der Waals surface area contributed by atoms with E-state index in [1.54, 1.807) is 30.3 Å². The summed E-state index contributed by atoms with van der Waals surface area (Å²) in [6.45, 7) is 0. The molecule has 0 bridgehead atoms. The Bertz CT molecular complexity index is 1070. The molecule has 0 radical (unpaired) electrons. The molecule has 0 amide bonds. The molecule has 0 heterocycles. The van der Waals surface area contributed by atoms with E-state index in [9.17, 15) is 23.8 Å². The molecule has 0 spiro atoms. The number of carboxylic acid groups (broad SMARTS) is 1. The number of hydrogen-bond donors (Lipinski definition) is 3. The molecule has 0 saturated carbocycles. The van der Waals surface area contributed by atoms with E-state index in [1.165, 1.54) is 30.3 Å². The van der Waals surface area contributed by atoms with Gasteiger partial charge in [0.15, 0.2) is 0 Å². The monoisotopic (exact) mass is 450 g/mol. The summed E-state index contributed by atoms with van der Waals surface area (Å²) in [6.07, 6.45) is 0.243. The van der Waals surface area contributed by atoms with Crippen LogP contribution in [0.1, 0.15) is 29.5 Å². The van der Waals surface area contributed by atoms with E-state index < -0.39 is 36.2 Å². The second-order valence-electron chi connectivity index (χ2n) is 7.58. The third-order valence-corrected chi connectivity index (χ3v) is 5.03. The SMILES string of the molecule is O=C(O)C[C@H](O)C[C@H](O)/C=C/C(=C(c1ccc(F)cc1)c1ccc(F)cc1)c1ccccc1. The van der Waals surface area contributed by atoms with Crippen molar-refractivity contribution >= 4 is 17.1 Å². The van der Waals surface area contributed by atoms with Crippen LogP contribution in [0, 0.1) is 11.6 Å². The third kappa shape index (κ3) is 6.94. The van der Waals surface area contributed by atoms with Gasteiger partial charge in [0.25, 0.3) is 0 Å². The van der Waals surface area contributed by atoms with Crippen molar-refractivity contribution < 1.29 is 28.9 Å². The van der Waals surface area contributed by atoms with Crippen LogP contribution in [0.15, 0.2) is 91.0 Å². The van der Waals surface area contributed by atoms with Crippen molar-refractivity contribution in [2.24, 2.45) is 0 Å². The molecule has 0 fully saturated rings. The molecule has 0 aliphatic heterocycles. The molecule has 33 heavy (non-hydrogen) atoms. The van der Waals surface area contributed by atoms with Crippen LogP contribution in [0.2, 0.25) is 0 Å². The zero-order valence-corrected chi connectivity index (χ0v) is 17.7. The fourth-order valence-corrected chi connectivity index (χ4v) is 3.50. The minimum absolute atomic E-state index is 0.146. The van der Waals surface area contributed by atoms with Gasteiger partial charge in [-0.3, -0.25) is 4.79 Å². The van der Waals surface area contributed by atoms with Gasteiger partial charge in [-0.2, -0.15) is 0 Å². The van der Waals surface area contributed by atoms with Crippen molar-refractivity contribution in [3.63, 3.8) is 0 Å². The van der Waals surface area contributed by atoms with E-state index >= 15 is 0 Å². The lowest BCUT2D eigenvalue weighted by molar-refractivity contribution is -0.139. The molecule has 0 aromatic heterocycles. The van der Waals surface area contributed by atoms with Gasteiger partial charge in [-0.15, -0.1) is 0 Å². The highest BCUT2D eigenvalue weighted by atomic mass is 19.1. The summed E-state index contributed by atoms with van der Waals surface area (Å²) in [7, 11) is 0. The number of aliphatic hydroxyl groups excluding tert-OH is 2. The van der Waals surface area contributed by atoms with Crippen LogP contribution in [0.3, 0.4) is 0 Å². The van der Waals surface area contributed by atoms with Crippen LogP contribution in [0.5, 0.6) is 0 Å². The number of hydrogen-bond acceptors (Lipinski definition) is 3. The van der Waals surface area contributed by atoms with Crippen molar-refractivity contribution in [3.8, 4) is 0 Å². The van der Waals surface area contributed by atoms with Gasteiger partial charge >= 0.3 is 5.97 Å². The van der Waals surface area contributed by atoms with Gasteiger partial charge in [0.1, 0.15) is 11.6 Å². The Morgan fingerprint density at radius 1 is 0.788 bits per heavy atom. The maximum Gasteiger partial charge on any atom is 0.305 e. The number of carboxylic acids is 1. The summed E-state index contributed by atoms with van der Waals surface area (Å²) in [5, 5.41) is 29.0. The molecule has 4 nitrogen and oxygen atoms in total. The number of rotatable bonds is 9. The molecule has 3 aromatic carbocycles. The highest BCUT2D eigenvalue weighted by Crippen LogP contribution is 2.33. The van der Waals surface area contributed by atoms with Gasteiger partial charge in [0, 0.05) is 6.42 Å². The summed E-state index contributed by atoms with van der Waals surface area (Å²) < 4.78 is 27.2. The first-order valence-electron chi connectivity index (χ1n) is 10.4. The Labute approximate surface area is 190 Å². The lowest BCUT2D eigenvalue weighted by Gasteiger charge is -2.16. The Morgan fingerprint density at radius 3 is 1.79 bits per heavy atom. The zero-order chi connectivity index (χ0) is 23.8. The second-order valence-corrected chi connectivity index (χ2v) is 7.58. The van der Waals surface area contributed by atoms with Crippen LogP contribution in [-0.2, 0) is 4.79 Å². The Hall–Kier alpha value is -3.61. The van der Waals surface area contributed by atoms with Crippen LogP contribution in [0.4, 0.5) is 8.78 Å². The van der Waals surface area contributed by atoms with Crippen LogP contribution >= 0.6 is 0 Å². The molecule has 6 heteroatoms. The zero-order valence-electron chi connectivity index (χ0n) is 17.7. The smallest absolute Gasteiger partial charge is 0.305 e. The summed E-state index contributed by atoms with van der Waals surface area (Å²) in [4.78, 5) is 10.8. The molecule has 170 valence electrons. The van der Waals surface area contributed by atoms with E-state index in [-0.39, 0.29) is 6.42 Å². The standard InChI is InChI=1S/C27H24F2O4/c28-21-10-6-19(7-11-21)27(20-8-12-22(29)13-9-20)25(18-4-2-1-3-5-18)15-14-23(30)16-24(31)17-26(32)33/h1-15,23-24,30-31H,16-17H2,(H,32,33)/b15-14+/t23-,24-/m1/s1. The molecule has 0 saturated heterocycles. The minimum Gasteiger partial charge on any atom is -0.481 e. The highest BCUT2D eigenvalue weighted by Gasteiger charge is 2.16. The number of allylic oxidation sites excluding steroid dienone is 2. The highest BCUT2D eigenvalue weighted by molar-refractivity contribution is 6.02. The number of halogens is 2. The maximum atomic E-state index is 13.6. The van der Waals surface area contributed by atoms with Crippen LogP contribution in [0.25, 0.3) is 11.1 Å². The Morgan fingerprint density at radius 2 is 1.30 bits per heavy atom. The predicted molar refractivity (Wildman–Crippen MR) is 123 cm³/mol. The lowest BCUT2D eigenvalue weighted by atomic mass is 9.89. The number of benzene rings is 3. The van der Waals surface area contributed by atoms with Crippen molar-refractivity contribution in [1.82, 2.24) is 0 Å². The minimum atomic E-state index is -1.19. The topological polar surface area (TPSA) is 77.8 Å². The van der Waals surface area contributed by atoms with Crippen molar-refractivity contribution in [2.75, 3.05) is 0 Å². The number of aliphatic hydroxyl groups is 2. The van der Waals surface area contributed by atoms with Gasteiger partial charge in [-0.1, -0.05) is 66.7 Å². The van der Waals surface area contributed by atoms with Crippen LogP contribution in [-0.4, -0.2) is 33.5 Å². The van der Waals surface area contributed by atoms with E-state index in [0.29, 0.717) is 22.3 Å². The van der Waals surface area contributed by atoms with Gasteiger partial charge in [-0.05, 0) is 52.1 Å². The summed E-state index contributed by atoms with van der Waals surface area (Å²) >= 11 is 0. The van der Waals surface area contributed by atoms with E-state index in [0.717, 1.165) is 5.56 Å². The van der Waals surface area contributed by atoms with Crippen LogP contribution < -0.4 is 0 Å². The van der Waals surface area contributed by atoms with Crippen molar-refractivity contribution in [1.29, 1.82) is 0 Å². The van der Waals surface area contributed by atoms with Crippen molar-refractivity contribution in [3.05, 3.63) is 119 Å². The molecule has 0 aliphatic carbocycles. The number of aliphatic carboxylic acids is 1. The molecule has 3 aromatic rings. The van der Waals surface area contributed by atoms with Gasteiger partial charge in [-0.25, -0.2) is 8.78 Å².